The molecular formula is C18H20F2N2O2. The van der Waals surface area contributed by atoms with Crippen molar-refractivity contribution in [3.63, 3.8) is 0 Å². The molecule has 0 spiro atoms. The van der Waals surface area contributed by atoms with Crippen molar-refractivity contribution in [3.8, 4) is 5.75 Å². The van der Waals surface area contributed by atoms with Gasteiger partial charge in [0.05, 0.1) is 0 Å². The molecule has 0 fully saturated rings. The van der Waals surface area contributed by atoms with Crippen LogP contribution in [0, 0.1) is 11.6 Å². The Labute approximate surface area is 140 Å². The Morgan fingerprint density at radius 2 is 1.79 bits per heavy atom. The summed E-state index contributed by atoms with van der Waals surface area (Å²) in [5.74, 6) is -1.87. The van der Waals surface area contributed by atoms with Crippen LogP contribution in [0.1, 0.15) is 15.9 Å². The molecule has 6 heteroatoms. The van der Waals surface area contributed by atoms with E-state index in [1.807, 2.05) is 25.1 Å². The SMILES string of the molecule is CN(C)CCOc1cccc(CNC(=O)c2c(F)cccc2F)c1. The molecule has 1 amide bonds. The average molecular weight is 334 g/mol. The van der Waals surface area contributed by atoms with Gasteiger partial charge in [0.15, 0.2) is 0 Å². The molecule has 1 N–H and O–H groups in total. The average Bonchev–Trinajstić information content (AvgIpc) is 2.53. The van der Waals surface area contributed by atoms with Crippen molar-refractivity contribution < 1.29 is 18.3 Å². The third-order valence-corrected chi connectivity index (χ3v) is 3.35. The van der Waals surface area contributed by atoms with E-state index >= 15 is 0 Å². The fourth-order valence-corrected chi connectivity index (χ4v) is 2.08. The molecule has 2 rings (SSSR count). The number of amides is 1. The summed E-state index contributed by atoms with van der Waals surface area (Å²) in [5.41, 5.74) is 0.207. The highest BCUT2D eigenvalue weighted by molar-refractivity contribution is 5.94. The van der Waals surface area contributed by atoms with E-state index in [4.69, 9.17) is 4.74 Å². The number of carbonyl (C=O) groups is 1. The number of carbonyl (C=O) groups excluding carboxylic acids is 1. The first-order valence-electron chi connectivity index (χ1n) is 7.56. The van der Waals surface area contributed by atoms with Gasteiger partial charge in [0.2, 0.25) is 0 Å². The van der Waals surface area contributed by atoms with Gasteiger partial charge in [-0.25, -0.2) is 8.78 Å². The lowest BCUT2D eigenvalue weighted by molar-refractivity contribution is 0.0942. The molecule has 0 radical (unpaired) electrons. The van der Waals surface area contributed by atoms with Gasteiger partial charge < -0.3 is 15.0 Å². The molecule has 0 aliphatic heterocycles. The van der Waals surface area contributed by atoms with E-state index in [9.17, 15) is 13.6 Å². The molecule has 2 aromatic carbocycles. The molecule has 0 saturated carbocycles. The van der Waals surface area contributed by atoms with Crippen LogP contribution in [0.25, 0.3) is 0 Å². The second-order valence-electron chi connectivity index (χ2n) is 5.58. The van der Waals surface area contributed by atoms with Gasteiger partial charge in [0.1, 0.15) is 29.6 Å². The summed E-state index contributed by atoms with van der Waals surface area (Å²) >= 11 is 0. The van der Waals surface area contributed by atoms with Crippen molar-refractivity contribution in [3.05, 3.63) is 65.2 Å². The summed E-state index contributed by atoms with van der Waals surface area (Å²) < 4.78 is 32.8. The lowest BCUT2D eigenvalue weighted by Gasteiger charge is -2.12. The molecule has 2 aromatic rings. The Morgan fingerprint density at radius 3 is 2.46 bits per heavy atom. The van der Waals surface area contributed by atoms with Gasteiger partial charge in [-0.2, -0.15) is 0 Å². The Kier molecular flexibility index (Phi) is 6.26. The molecule has 0 bridgehead atoms. The molecule has 24 heavy (non-hydrogen) atoms. The van der Waals surface area contributed by atoms with E-state index in [2.05, 4.69) is 5.32 Å². The minimum absolute atomic E-state index is 0.150. The van der Waals surface area contributed by atoms with E-state index < -0.39 is 23.1 Å². The van der Waals surface area contributed by atoms with Crippen molar-refractivity contribution >= 4 is 5.91 Å². The first-order valence-corrected chi connectivity index (χ1v) is 7.56. The normalized spacial score (nSPS) is 10.7. The second kappa shape index (κ2) is 8.40. The minimum Gasteiger partial charge on any atom is -0.492 e. The highest BCUT2D eigenvalue weighted by Gasteiger charge is 2.16. The Morgan fingerprint density at radius 1 is 1.12 bits per heavy atom. The molecule has 4 nitrogen and oxygen atoms in total. The van der Waals surface area contributed by atoms with Gasteiger partial charge >= 0.3 is 0 Å². The molecule has 0 aliphatic rings. The predicted molar refractivity (Wildman–Crippen MR) is 88.0 cm³/mol. The number of likely N-dealkylation sites (N-methyl/N-ethyl adjacent to an activating group) is 1. The number of halogens is 2. The Bertz CT molecular complexity index is 685. The summed E-state index contributed by atoms with van der Waals surface area (Å²) in [6.07, 6.45) is 0. The summed E-state index contributed by atoms with van der Waals surface area (Å²) in [6, 6.07) is 10.5. The van der Waals surface area contributed by atoms with Crippen LogP contribution in [0.4, 0.5) is 8.78 Å². The quantitative estimate of drug-likeness (QED) is 0.847. The van der Waals surface area contributed by atoms with Crippen LogP contribution >= 0.6 is 0 Å². The standard InChI is InChI=1S/C18H20F2N2O2/c1-22(2)9-10-24-14-6-3-5-13(11-14)12-21-18(23)17-15(19)7-4-8-16(17)20/h3-8,11H,9-10,12H2,1-2H3,(H,21,23). The van der Waals surface area contributed by atoms with Crippen LogP contribution in [-0.2, 0) is 6.54 Å². The van der Waals surface area contributed by atoms with E-state index in [1.165, 1.54) is 6.07 Å². The van der Waals surface area contributed by atoms with Crippen molar-refractivity contribution in [2.45, 2.75) is 6.54 Å². The fourth-order valence-electron chi connectivity index (χ4n) is 2.08. The smallest absolute Gasteiger partial charge is 0.257 e. The number of hydrogen-bond acceptors (Lipinski definition) is 3. The third-order valence-electron chi connectivity index (χ3n) is 3.35. The van der Waals surface area contributed by atoms with Crippen molar-refractivity contribution in [2.75, 3.05) is 27.2 Å². The van der Waals surface area contributed by atoms with Crippen LogP contribution in [-0.4, -0.2) is 38.1 Å². The maximum absolute atomic E-state index is 13.6. The van der Waals surface area contributed by atoms with E-state index in [0.717, 1.165) is 24.2 Å². The van der Waals surface area contributed by atoms with Crippen molar-refractivity contribution in [1.29, 1.82) is 0 Å². The number of nitrogens with zero attached hydrogens (tertiary/aromatic N) is 1. The van der Waals surface area contributed by atoms with Gasteiger partial charge in [0, 0.05) is 13.1 Å². The summed E-state index contributed by atoms with van der Waals surface area (Å²) in [6.45, 7) is 1.48. The van der Waals surface area contributed by atoms with Gasteiger partial charge in [-0.05, 0) is 43.9 Å². The van der Waals surface area contributed by atoms with E-state index in [1.54, 1.807) is 18.2 Å². The van der Waals surface area contributed by atoms with Crippen LogP contribution in [0.2, 0.25) is 0 Å². The molecular weight excluding hydrogens is 314 g/mol. The first kappa shape index (κ1) is 17.9. The minimum atomic E-state index is -0.881. The number of hydrogen-bond donors (Lipinski definition) is 1. The zero-order chi connectivity index (χ0) is 17.5. The van der Waals surface area contributed by atoms with Crippen LogP contribution < -0.4 is 10.1 Å². The number of rotatable bonds is 7. The Balaban J connectivity index is 1.95. The van der Waals surface area contributed by atoms with Gasteiger partial charge in [-0.3, -0.25) is 4.79 Å². The highest BCUT2D eigenvalue weighted by atomic mass is 19.1. The second-order valence-corrected chi connectivity index (χ2v) is 5.58. The monoisotopic (exact) mass is 334 g/mol. The van der Waals surface area contributed by atoms with Gasteiger partial charge in [0.25, 0.3) is 5.91 Å². The highest BCUT2D eigenvalue weighted by Crippen LogP contribution is 2.15. The Hall–Kier alpha value is -2.47. The third kappa shape index (κ3) is 5.03. The molecule has 0 aliphatic carbocycles. The van der Waals surface area contributed by atoms with Crippen LogP contribution in [0.5, 0.6) is 5.75 Å². The van der Waals surface area contributed by atoms with E-state index in [-0.39, 0.29) is 6.54 Å². The maximum Gasteiger partial charge on any atom is 0.257 e. The molecule has 0 saturated heterocycles. The number of nitrogens with one attached hydrogen (secondary N) is 1. The molecule has 0 heterocycles. The van der Waals surface area contributed by atoms with E-state index in [0.29, 0.717) is 12.4 Å². The van der Waals surface area contributed by atoms with Crippen molar-refractivity contribution in [1.82, 2.24) is 10.2 Å². The lowest BCUT2D eigenvalue weighted by Crippen LogP contribution is -2.25. The molecule has 128 valence electrons. The van der Waals surface area contributed by atoms with Gasteiger partial charge in [-0.1, -0.05) is 18.2 Å². The topological polar surface area (TPSA) is 41.6 Å². The first-order chi connectivity index (χ1) is 11.5. The predicted octanol–water partition coefficient (Wildman–Crippen LogP) is 2.84. The van der Waals surface area contributed by atoms with Gasteiger partial charge in [-0.15, -0.1) is 0 Å². The summed E-state index contributed by atoms with van der Waals surface area (Å²) in [4.78, 5) is 14.0. The summed E-state index contributed by atoms with van der Waals surface area (Å²) in [5, 5.41) is 2.52. The zero-order valence-corrected chi connectivity index (χ0v) is 13.7. The summed E-state index contributed by atoms with van der Waals surface area (Å²) in [7, 11) is 3.91. The molecule has 0 aromatic heterocycles. The number of ether oxygens (including phenoxy) is 1. The molecule has 0 atom stereocenters. The lowest BCUT2D eigenvalue weighted by atomic mass is 10.1. The largest absolute Gasteiger partial charge is 0.492 e. The number of benzene rings is 2. The fraction of sp³-hybridized carbons (Fsp3) is 0.278. The van der Waals surface area contributed by atoms with Crippen molar-refractivity contribution in [2.24, 2.45) is 0 Å². The zero-order valence-electron chi connectivity index (χ0n) is 13.7. The maximum atomic E-state index is 13.6. The van der Waals surface area contributed by atoms with Crippen LogP contribution in [0.15, 0.2) is 42.5 Å². The van der Waals surface area contributed by atoms with Crippen LogP contribution in [0.3, 0.4) is 0 Å². The molecule has 0 unspecified atom stereocenters.